The van der Waals surface area contributed by atoms with E-state index in [9.17, 15) is 4.79 Å². The molecule has 1 fully saturated rings. The smallest absolute Gasteiger partial charge is 0.224 e. The lowest BCUT2D eigenvalue weighted by Crippen LogP contribution is -2.43. The summed E-state index contributed by atoms with van der Waals surface area (Å²) in [6.07, 6.45) is 5.58. The molecule has 0 aromatic carbocycles. The lowest BCUT2D eigenvalue weighted by molar-refractivity contribution is -0.139. The first-order valence-corrected chi connectivity index (χ1v) is 8.88. The molecule has 0 N–H and O–H groups in total. The van der Waals surface area contributed by atoms with E-state index in [0.29, 0.717) is 38.5 Å². The second-order valence-electron chi connectivity index (χ2n) is 6.60. The Morgan fingerprint density at radius 3 is 3.04 bits per heavy atom. The normalized spacial score (nSPS) is 17.5. The first kappa shape index (κ1) is 18.4. The summed E-state index contributed by atoms with van der Waals surface area (Å²) in [6, 6.07) is 5.82. The van der Waals surface area contributed by atoms with Crippen molar-refractivity contribution in [3.05, 3.63) is 53.9 Å². The van der Waals surface area contributed by atoms with Crippen LogP contribution in [0.5, 0.6) is 0 Å². The van der Waals surface area contributed by atoms with Gasteiger partial charge in [0.15, 0.2) is 5.82 Å². The number of hydrogen-bond acceptors (Lipinski definition) is 6. The molecule has 1 saturated heterocycles. The van der Waals surface area contributed by atoms with Crippen molar-refractivity contribution in [1.82, 2.24) is 24.8 Å². The molecule has 26 heavy (non-hydrogen) atoms. The summed E-state index contributed by atoms with van der Waals surface area (Å²) in [4.78, 5) is 29.4. The van der Waals surface area contributed by atoms with Gasteiger partial charge < -0.3 is 14.5 Å². The van der Waals surface area contributed by atoms with Crippen molar-refractivity contribution in [3.8, 4) is 0 Å². The Hall–Kier alpha value is -2.38. The average Bonchev–Trinajstić information content (AvgIpc) is 2.67. The summed E-state index contributed by atoms with van der Waals surface area (Å²) in [6.45, 7) is 5.05. The lowest BCUT2D eigenvalue weighted by Gasteiger charge is -2.32. The third-order valence-corrected chi connectivity index (χ3v) is 4.40. The fraction of sp³-hybridized carbons (Fsp3) is 0.474. The summed E-state index contributed by atoms with van der Waals surface area (Å²) in [5.41, 5.74) is 2.05. The SMILES string of the molecule is Cc1ccnc([C@@H]2CN(C(=O)CCN(C)Cc3cccnc3)CCO2)n1. The molecule has 0 unspecified atom stereocenters. The predicted molar refractivity (Wildman–Crippen MR) is 97.2 cm³/mol. The van der Waals surface area contributed by atoms with Gasteiger partial charge in [-0.15, -0.1) is 0 Å². The largest absolute Gasteiger partial charge is 0.367 e. The van der Waals surface area contributed by atoms with E-state index in [1.54, 1.807) is 12.4 Å². The first-order valence-electron chi connectivity index (χ1n) is 8.88. The van der Waals surface area contributed by atoms with E-state index in [-0.39, 0.29) is 12.0 Å². The molecule has 0 radical (unpaired) electrons. The van der Waals surface area contributed by atoms with Crippen LogP contribution < -0.4 is 0 Å². The van der Waals surface area contributed by atoms with Crippen LogP contribution in [0.2, 0.25) is 0 Å². The third kappa shape index (κ3) is 5.06. The Labute approximate surface area is 154 Å². The highest BCUT2D eigenvalue weighted by Crippen LogP contribution is 2.19. The number of carbonyl (C=O) groups excluding carboxylic acids is 1. The summed E-state index contributed by atoms with van der Waals surface area (Å²) in [5.74, 6) is 0.792. The van der Waals surface area contributed by atoms with Crippen LogP contribution in [0, 0.1) is 6.92 Å². The monoisotopic (exact) mass is 355 g/mol. The highest BCUT2D eigenvalue weighted by molar-refractivity contribution is 5.76. The van der Waals surface area contributed by atoms with Gasteiger partial charge in [-0.05, 0) is 31.7 Å². The molecule has 3 rings (SSSR count). The summed E-state index contributed by atoms with van der Waals surface area (Å²) < 4.78 is 5.77. The number of amides is 1. The minimum absolute atomic E-state index is 0.143. The Morgan fingerprint density at radius 2 is 2.27 bits per heavy atom. The molecule has 0 spiro atoms. The summed E-state index contributed by atoms with van der Waals surface area (Å²) >= 11 is 0. The number of pyridine rings is 1. The summed E-state index contributed by atoms with van der Waals surface area (Å²) in [5, 5.41) is 0. The van der Waals surface area contributed by atoms with Gasteiger partial charge in [0, 0.05) is 50.3 Å². The highest BCUT2D eigenvalue weighted by Gasteiger charge is 2.27. The van der Waals surface area contributed by atoms with Crippen molar-refractivity contribution in [1.29, 1.82) is 0 Å². The van der Waals surface area contributed by atoms with E-state index < -0.39 is 0 Å². The van der Waals surface area contributed by atoms with E-state index in [1.165, 1.54) is 0 Å². The molecule has 1 aliphatic heterocycles. The second kappa shape index (κ2) is 8.82. The fourth-order valence-corrected chi connectivity index (χ4v) is 2.98. The van der Waals surface area contributed by atoms with Gasteiger partial charge in [0.2, 0.25) is 5.91 Å². The van der Waals surface area contributed by atoms with Gasteiger partial charge in [0.25, 0.3) is 0 Å². The Balaban J connectivity index is 1.49. The molecule has 1 amide bonds. The number of morpholine rings is 1. The van der Waals surface area contributed by atoms with Gasteiger partial charge in [-0.25, -0.2) is 9.97 Å². The predicted octanol–water partition coefficient (Wildman–Crippen LogP) is 1.60. The molecule has 3 heterocycles. The maximum atomic E-state index is 12.6. The van der Waals surface area contributed by atoms with Crippen molar-refractivity contribution in [3.63, 3.8) is 0 Å². The number of nitrogens with zero attached hydrogens (tertiary/aromatic N) is 5. The molecule has 1 atom stereocenters. The number of aromatic nitrogens is 3. The second-order valence-corrected chi connectivity index (χ2v) is 6.60. The van der Waals surface area contributed by atoms with E-state index in [1.807, 2.05) is 43.3 Å². The van der Waals surface area contributed by atoms with Gasteiger partial charge in [0.05, 0.1) is 13.2 Å². The van der Waals surface area contributed by atoms with Crippen LogP contribution in [0.3, 0.4) is 0 Å². The Kier molecular flexibility index (Phi) is 6.25. The van der Waals surface area contributed by atoms with Crippen LogP contribution in [0.15, 0.2) is 36.8 Å². The molecule has 0 saturated carbocycles. The minimum Gasteiger partial charge on any atom is -0.367 e. The molecule has 2 aromatic heterocycles. The molecule has 7 nitrogen and oxygen atoms in total. The van der Waals surface area contributed by atoms with Crippen LogP contribution in [0.25, 0.3) is 0 Å². The minimum atomic E-state index is -0.249. The number of aryl methyl sites for hydroxylation is 1. The van der Waals surface area contributed by atoms with Crippen LogP contribution in [0.4, 0.5) is 0 Å². The lowest BCUT2D eigenvalue weighted by atomic mass is 10.2. The molecular weight excluding hydrogens is 330 g/mol. The number of hydrogen-bond donors (Lipinski definition) is 0. The third-order valence-electron chi connectivity index (χ3n) is 4.40. The zero-order valence-corrected chi connectivity index (χ0v) is 15.3. The van der Waals surface area contributed by atoms with Gasteiger partial charge in [-0.3, -0.25) is 9.78 Å². The van der Waals surface area contributed by atoms with Crippen molar-refractivity contribution in [2.24, 2.45) is 0 Å². The van der Waals surface area contributed by atoms with Gasteiger partial charge in [-0.1, -0.05) is 6.07 Å². The average molecular weight is 355 g/mol. The highest BCUT2D eigenvalue weighted by atomic mass is 16.5. The zero-order chi connectivity index (χ0) is 18.4. The maximum Gasteiger partial charge on any atom is 0.224 e. The van der Waals surface area contributed by atoms with Crippen LogP contribution >= 0.6 is 0 Å². The van der Waals surface area contributed by atoms with E-state index in [4.69, 9.17) is 4.74 Å². The maximum absolute atomic E-state index is 12.6. The molecule has 0 aliphatic carbocycles. The van der Waals surface area contributed by atoms with Crippen molar-refractivity contribution in [2.45, 2.75) is 26.0 Å². The fourth-order valence-electron chi connectivity index (χ4n) is 2.98. The standard InChI is InChI=1S/C19H25N5O2/c1-15-5-8-21-19(22-15)17-14-24(10-11-26-17)18(25)6-9-23(2)13-16-4-3-7-20-12-16/h3-5,7-8,12,17H,6,9-11,13-14H2,1-2H3/t17-/m0/s1. The van der Waals surface area contributed by atoms with Crippen molar-refractivity contribution in [2.75, 3.05) is 33.3 Å². The van der Waals surface area contributed by atoms with Crippen molar-refractivity contribution >= 4 is 5.91 Å². The van der Waals surface area contributed by atoms with Gasteiger partial charge in [-0.2, -0.15) is 0 Å². The Bertz CT molecular complexity index is 725. The molecule has 138 valence electrons. The number of rotatable bonds is 6. The molecule has 2 aromatic rings. The zero-order valence-electron chi connectivity index (χ0n) is 15.3. The van der Waals surface area contributed by atoms with Gasteiger partial charge >= 0.3 is 0 Å². The van der Waals surface area contributed by atoms with E-state index >= 15 is 0 Å². The molecule has 0 bridgehead atoms. The van der Waals surface area contributed by atoms with Gasteiger partial charge in [0.1, 0.15) is 6.10 Å². The molecular formula is C19H25N5O2. The van der Waals surface area contributed by atoms with E-state index in [2.05, 4.69) is 19.9 Å². The van der Waals surface area contributed by atoms with Crippen LogP contribution in [-0.2, 0) is 16.1 Å². The topological polar surface area (TPSA) is 71.5 Å². The van der Waals surface area contributed by atoms with E-state index in [0.717, 1.165) is 17.8 Å². The van der Waals surface area contributed by atoms with Crippen LogP contribution in [-0.4, -0.2) is 63.9 Å². The quantitative estimate of drug-likeness (QED) is 0.784. The van der Waals surface area contributed by atoms with Crippen molar-refractivity contribution < 1.29 is 9.53 Å². The molecule has 1 aliphatic rings. The molecule has 7 heteroatoms. The first-order chi connectivity index (χ1) is 12.6. The summed E-state index contributed by atoms with van der Waals surface area (Å²) in [7, 11) is 2.02. The van der Waals surface area contributed by atoms with Crippen LogP contribution in [0.1, 0.15) is 29.6 Å². The number of carbonyl (C=O) groups is 1. The Morgan fingerprint density at radius 1 is 1.38 bits per heavy atom. The number of ether oxygens (including phenoxy) is 1.